The summed E-state index contributed by atoms with van der Waals surface area (Å²) in [5.74, 6) is 1.44. The van der Waals surface area contributed by atoms with Crippen molar-refractivity contribution in [1.82, 2.24) is 19.9 Å². The molecule has 4 aromatic rings. The molecule has 0 saturated heterocycles. The Kier molecular flexibility index (Phi) is 7.34. The van der Waals surface area contributed by atoms with E-state index in [0.717, 1.165) is 22.5 Å². The Morgan fingerprint density at radius 1 is 1.03 bits per heavy atom. The third-order valence-corrected chi connectivity index (χ3v) is 6.07. The molecule has 0 aliphatic rings. The van der Waals surface area contributed by atoms with Gasteiger partial charge in [-0.3, -0.25) is 4.79 Å². The van der Waals surface area contributed by atoms with Crippen molar-refractivity contribution in [2.75, 3.05) is 19.8 Å². The Balaban J connectivity index is 1.63. The molecule has 0 aliphatic heterocycles. The first-order chi connectivity index (χ1) is 16.9. The van der Waals surface area contributed by atoms with E-state index in [4.69, 9.17) is 14.6 Å². The van der Waals surface area contributed by atoms with Crippen LogP contribution in [0, 0.1) is 13.8 Å². The molecule has 2 aromatic heterocycles. The Morgan fingerprint density at radius 2 is 1.74 bits per heavy atom. The lowest BCUT2D eigenvalue weighted by Crippen LogP contribution is -2.28. The first-order valence-corrected chi connectivity index (χ1v) is 12.0. The molecular weight excluding hydrogens is 440 g/mol. The SMILES string of the molecule is CCOc1ccc(-c2c(C)nn3c(C)c(C(=O)NCC(C)c4ccccc4)cnc23)cc1OCC. The molecule has 1 amide bonds. The van der Waals surface area contributed by atoms with Gasteiger partial charge in [0.2, 0.25) is 0 Å². The van der Waals surface area contributed by atoms with Gasteiger partial charge in [-0.1, -0.05) is 43.3 Å². The molecule has 1 N–H and O–H groups in total. The highest BCUT2D eigenvalue weighted by atomic mass is 16.5. The summed E-state index contributed by atoms with van der Waals surface area (Å²) in [6.07, 6.45) is 1.63. The first-order valence-electron chi connectivity index (χ1n) is 12.0. The van der Waals surface area contributed by atoms with Gasteiger partial charge in [-0.2, -0.15) is 5.10 Å². The minimum atomic E-state index is -0.158. The summed E-state index contributed by atoms with van der Waals surface area (Å²) >= 11 is 0. The van der Waals surface area contributed by atoms with Gasteiger partial charge in [-0.05, 0) is 56.9 Å². The third-order valence-electron chi connectivity index (χ3n) is 6.07. The Hall–Kier alpha value is -3.87. The van der Waals surface area contributed by atoms with E-state index < -0.39 is 0 Å². The molecule has 7 nitrogen and oxygen atoms in total. The van der Waals surface area contributed by atoms with E-state index in [0.29, 0.717) is 42.5 Å². The van der Waals surface area contributed by atoms with Crippen molar-refractivity contribution in [1.29, 1.82) is 0 Å². The summed E-state index contributed by atoms with van der Waals surface area (Å²) in [4.78, 5) is 17.6. The molecule has 0 radical (unpaired) electrons. The highest BCUT2D eigenvalue weighted by molar-refractivity contribution is 5.95. The summed E-state index contributed by atoms with van der Waals surface area (Å²) in [5.41, 5.74) is 5.79. The fourth-order valence-electron chi connectivity index (χ4n) is 4.21. The molecule has 4 rings (SSSR count). The predicted molar refractivity (Wildman–Crippen MR) is 137 cm³/mol. The monoisotopic (exact) mass is 472 g/mol. The van der Waals surface area contributed by atoms with Crippen molar-refractivity contribution in [3.8, 4) is 22.6 Å². The molecule has 0 fully saturated rings. The van der Waals surface area contributed by atoms with Gasteiger partial charge in [-0.25, -0.2) is 9.50 Å². The van der Waals surface area contributed by atoms with Crippen LogP contribution >= 0.6 is 0 Å². The number of rotatable bonds is 9. The lowest BCUT2D eigenvalue weighted by Gasteiger charge is -2.14. The largest absolute Gasteiger partial charge is 0.490 e. The third kappa shape index (κ3) is 4.99. The average molecular weight is 473 g/mol. The summed E-state index contributed by atoms with van der Waals surface area (Å²) in [6, 6.07) is 16.0. The van der Waals surface area contributed by atoms with E-state index in [1.807, 2.05) is 64.1 Å². The maximum absolute atomic E-state index is 13.0. The maximum Gasteiger partial charge on any atom is 0.254 e. The minimum Gasteiger partial charge on any atom is -0.490 e. The Morgan fingerprint density at radius 3 is 2.46 bits per heavy atom. The van der Waals surface area contributed by atoms with Gasteiger partial charge in [-0.15, -0.1) is 0 Å². The average Bonchev–Trinajstić information content (AvgIpc) is 3.21. The van der Waals surface area contributed by atoms with E-state index in [1.54, 1.807) is 10.7 Å². The highest BCUT2D eigenvalue weighted by Gasteiger charge is 2.20. The number of ether oxygens (including phenoxy) is 2. The second kappa shape index (κ2) is 10.6. The molecule has 0 aliphatic carbocycles. The Labute approximate surface area is 206 Å². The molecule has 0 spiro atoms. The van der Waals surface area contributed by atoms with Crippen molar-refractivity contribution in [2.45, 2.75) is 40.5 Å². The zero-order valence-electron chi connectivity index (χ0n) is 21.0. The van der Waals surface area contributed by atoms with Gasteiger partial charge in [0, 0.05) is 18.3 Å². The van der Waals surface area contributed by atoms with Gasteiger partial charge < -0.3 is 14.8 Å². The van der Waals surface area contributed by atoms with Crippen molar-refractivity contribution in [3.63, 3.8) is 0 Å². The Bertz CT molecular complexity index is 1330. The van der Waals surface area contributed by atoms with Gasteiger partial charge in [0.1, 0.15) is 0 Å². The standard InChI is InChI=1S/C28H32N4O3/c1-6-34-24-14-13-22(15-25(24)35-7-2)26-19(4)31-32-20(5)23(17-29-27(26)32)28(33)30-16-18(3)21-11-9-8-10-12-21/h8-15,17-18H,6-7,16H2,1-5H3,(H,30,33). The summed E-state index contributed by atoms with van der Waals surface area (Å²) in [7, 11) is 0. The quantitative estimate of drug-likeness (QED) is 0.356. The van der Waals surface area contributed by atoms with Crippen molar-refractivity contribution in [3.05, 3.63) is 77.2 Å². The zero-order chi connectivity index (χ0) is 24.9. The first kappa shape index (κ1) is 24.3. The number of fused-ring (bicyclic) bond motifs is 1. The number of aryl methyl sites for hydroxylation is 2. The molecule has 7 heteroatoms. The van der Waals surface area contributed by atoms with Crippen LogP contribution in [0.1, 0.15) is 54.0 Å². The number of benzene rings is 2. The molecule has 0 saturated carbocycles. The molecule has 2 heterocycles. The number of aromatic nitrogens is 3. The van der Waals surface area contributed by atoms with Crippen LogP contribution in [-0.4, -0.2) is 40.3 Å². The summed E-state index contributed by atoms with van der Waals surface area (Å²) in [5, 5.41) is 7.76. The van der Waals surface area contributed by atoms with Crippen LogP contribution in [0.3, 0.4) is 0 Å². The molecule has 1 atom stereocenters. The number of nitrogens with zero attached hydrogens (tertiary/aromatic N) is 3. The molecule has 1 unspecified atom stereocenters. The number of hydrogen-bond donors (Lipinski definition) is 1. The molecule has 182 valence electrons. The number of carbonyl (C=O) groups excluding carboxylic acids is 1. The maximum atomic E-state index is 13.0. The molecule has 35 heavy (non-hydrogen) atoms. The van der Waals surface area contributed by atoms with Gasteiger partial charge >= 0.3 is 0 Å². The van der Waals surface area contributed by atoms with E-state index in [2.05, 4.69) is 29.4 Å². The normalized spacial score (nSPS) is 11.9. The van der Waals surface area contributed by atoms with Crippen LogP contribution in [0.25, 0.3) is 16.8 Å². The van der Waals surface area contributed by atoms with Crippen LogP contribution in [0.5, 0.6) is 11.5 Å². The second-order valence-electron chi connectivity index (χ2n) is 8.50. The van der Waals surface area contributed by atoms with Crippen LogP contribution in [-0.2, 0) is 0 Å². The van der Waals surface area contributed by atoms with E-state index in [1.165, 1.54) is 5.56 Å². The number of nitrogens with one attached hydrogen (secondary N) is 1. The smallest absolute Gasteiger partial charge is 0.254 e. The molecule has 0 bridgehead atoms. The number of carbonyl (C=O) groups is 1. The zero-order valence-corrected chi connectivity index (χ0v) is 21.0. The lowest BCUT2D eigenvalue weighted by molar-refractivity contribution is 0.0950. The van der Waals surface area contributed by atoms with E-state index >= 15 is 0 Å². The fourth-order valence-corrected chi connectivity index (χ4v) is 4.21. The van der Waals surface area contributed by atoms with Crippen molar-refractivity contribution < 1.29 is 14.3 Å². The second-order valence-corrected chi connectivity index (χ2v) is 8.50. The van der Waals surface area contributed by atoms with Crippen LogP contribution < -0.4 is 14.8 Å². The van der Waals surface area contributed by atoms with Gasteiger partial charge in [0.25, 0.3) is 5.91 Å². The molecule has 2 aromatic carbocycles. The fraction of sp³-hybridized carbons (Fsp3) is 0.321. The lowest BCUT2D eigenvalue weighted by atomic mass is 10.0. The van der Waals surface area contributed by atoms with E-state index in [-0.39, 0.29) is 11.8 Å². The van der Waals surface area contributed by atoms with Gasteiger partial charge in [0.05, 0.1) is 30.2 Å². The predicted octanol–water partition coefficient (Wildman–Crippen LogP) is 5.34. The summed E-state index contributed by atoms with van der Waals surface area (Å²) in [6.45, 7) is 11.5. The van der Waals surface area contributed by atoms with Gasteiger partial charge in [0.15, 0.2) is 17.1 Å². The number of hydrogen-bond acceptors (Lipinski definition) is 5. The van der Waals surface area contributed by atoms with Crippen LogP contribution in [0.4, 0.5) is 0 Å². The minimum absolute atomic E-state index is 0.158. The van der Waals surface area contributed by atoms with Crippen molar-refractivity contribution in [2.24, 2.45) is 0 Å². The number of amides is 1. The summed E-state index contributed by atoms with van der Waals surface area (Å²) < 4.78 is 13.3. The van der Waals surface area contributed by atoms with Crippen LogP contribution in [0.2, 0.25) is 0 Å². The topological polar surface area (TPSA) is 77.8 Å². The van der Waals surface area contributed by atoms with E-state index in [9.17, 15) is 4.79 Å². The van der Waals surface area contributed by atoms with Crippen molar-refractivity contribution >= 4 is 11.6 Å². The molecular formula is C28H32N4O3. The van der Waals surface area contributed by atoms with Crippen LogP contribution in [0.15, 0.2) is 54.7 Å². The highest BCUT2D eigenvalue weighted by Crippen LogP contribution is 2.36.